The molecular weight excluding hydrogens is 302 g/mol. The average Bonchev–Trinajstić information content (AvgIpc) is 2.99. The van der Waals surface area contributed by atoms with Crippen molar-refractivity contribution in [2.45, 2.75) is 37.6 Å². The maximum absolute atomic E-state index is 12.2. The first kappa shape index (κ1) is 13.1. The molecule has 5 heteroatoms. The molecular formula is C12H16BrNO2S. The van der Waals surface area contributed by atoms with Crippen molar-refractivity contribution in [3.63, 3.8) is 0 Å². The molecule has 17 heavy (non-hydrogen) atoms. The maximum atomic E-state index is 12.2. The lowest BCUT2D eigenvalue weighted by Gasteiger charge is -2.09. The molecule has 0 bridgehead atoms. The second-order valence-electron chi connectivity index (χ2n) is 4.54. The van der Waals surface area contributed by atoms with Crippen LogP contribution in [0, 0.1) is 12.8 Å². The summed E-state index contributed by atoms with van der Waals surface area (Å²) in [4.78, 5) is 0.369. The summed E-state index contributed by atoms with van der Waals surface area (Å²) >= 11 is 3.30. The zero-order valence-electron chi connectivity index (χ0n) is 9.90. The van der Waals surface area contributed by atoms with Crippen LogP contribution in [-0.4, -0.2) is 14.5 Å². The number of nitrogens with one attached hydrogen (secondary N) is 1. The Morgan fingerprint density at radius 1 is 1.47 bits per heavy atom. The summed E-state index contributed by atoms with van der Waals surface area (Å²) in [5, 5.41) is 0. The highest BCUT2D eigenvalue weighted by molar-refractivity contribution is 9.10. The van der Waals surface area contributed by atoms with Crippen molar-refractivity contribution >= 4 is 26.0 Å². The van der Waals surface area contributed by atoms with Gasteiger partial charge in [0.25, 0.3) is 0 Å². The zero-order valence-corrected chi connectivity index (χ0v) is 12.3. The molecule has 0 spiro atoms. The van der Waals surface area contributed by atoms with Crippen LogP contribution in [0.5, 0.6) is 0 Å². The summed E-state index contributed by atoms with van der Waals surface area (Å²) in [6, 6.07) is 5.44. The number of hydrogen-bond donors (Lipinski definition) is 1. The van der Waals surface area contributed by atoms with Gasteiger partial charge in [0.1, 0.15) is 0 Å². The highest BCUT2D eigenvalue weighted by Gasteiger charge is 2.38. The van der Waals surface area contributed by atoms with E-state index in [1.165, 1.54) is 0 Å². The average molecular weight is 318 g/mol. The Labute approximate surface area is 111 Å². The van der Waals surface area contributed by atoms with E-state index in [-0.39, 0.29) is 6.04 Å². The third kappa shape index (κ3) is 2.89. The lowest BCUT2D eigenvalue weighted by Crippen LogP contribution is -2.27. The van der Waals surface area contributed by atoms with Crippen molar-refractivity contribution in [3.8, 4) is 0 Å². The third-order valence-corrected chi connectivity index (χ3v) is 5.32. The van der Waals surface area contributed by atoms with Crippen LogP contribution >= 0.6 is 15.9 Å². The normalized spacial score (nSPS) is 23.7. The van der Waals surface area contributed by atoms with Gasteiger partial charge in [0.15, 0.2) is 0 Å². The number of benzene rings is 1. The monoisotopic (exact) mass is 317 g/mol. The third-order valence-electron chi connectivity index (χ3n) is 3.19. The van der Waals surface area contributed by atoms with E-state index in [0.717, 1.165) is 22.9 Å². The minimum atomic E-state index is -3.37. The molecule has 94 valence electrons. The fourth-order valence-electron chi connectivity index (χ4n) is 1.97. The minimum Gasteiger partial charge on any atom is -0.208 e. The second-order valence-corrected chi connectivity index (χ2v) is 7.14. The van der Waals surface area contributed by atoms with Crippen molar-refractivity contribution in [1.29, 1.82) is 0 Å². The van der Waals surface area contributed by atoms with Gasteiger partial charge in [-0.25, -0.2) is 13.1 Å². The highest BCUT2D eigenvalue weighted by atomic mass is 79.9. The summed E-state index contributed by atoms with van der Waals surface area (Å²) in [6.07, 6.45) is 1.99. The van der Waals surface area contributed by atoms with Gasteiger partial charge in [0.2, 0.25) is 10.0 Å². The Bertz CT molecular complexity index is 527. The highest BCUT2D eigenvalue weighted by Crippen LogP contribution is 2.34. The first-order valence-corrected chi connectivity index (χ1v) is 8.00. The van der Waals surface area contributed by atoms with Crippen molar-refractivity contribution in [3.05, 3.63) is 28.2 Å². The fourth-order valence-corrected chi connectivity index (χ4v) is 4.07. The Morgan fingerprint density at radius 3 is 2.76 bits per heavy atom. The van der Waals surface area contributed by atoms with E-state index in [1.54, 1.807) is 6.07 Å². The molecule has 2 unspecified atom stereocenters. The number of halogens is 1. The molecule has 0 heterocycles. The number of aryl methyl sites for hydroxylation is 1. The van der Waals surface area contributed by atoms with Crippen LogP contribution in [0.15, 0.2) is 27.6 Å². The standard InChI is InChI=1S/C12H16BrNO2S/c1-3-9-6-11(9)14-17(15,16)12-7-10(13)5-4-8(12)2/h4-5,7,9,11,14H,3,6H2,1-2H3. The molecule has 1 aliphatic carbocycles. The summed E-state index contributed by atoms with van der Waals surface area (Å²) in [5.74, 6) is 0.511. The van der Waals surface area contributed by atoms with Crippen LogP contribution < -0.4 is 4.72 Å². The molecule has 1 fully saturated rings. The lowest BCUT2D eigenvalue weighted by molar-refractivity contribution is 0.575. The number of sulfonamides is 1. The van der Waals surface area contributed by atoms with Crippen LogP contribution in [0.4, 0.5) is 0 Å². The molecule has 1 aliphatic rings. The van der Waals surface area contributed by atoms with Crippen LogP contribution in [0.2, 0.25) is 0 Å². The summed E-state index contributed by atoms with van der Waals surface area (Å²) in [6.45, 7) is 3.90. The summed E-state index contributed by atoms with van der Waals surface area (Å²) in [7, 11) is -3.37. The first-order valence-electron chi connectivity index (χ1n) is 5.72. The molecule has 0 aromatic heterocycles. The van der Waals surface area contributed by atoms with Crippen LogP contribution in [0.3, 0.4) is 0 Å². The largest absolute Gasteiger partial charge is 0.241 e. The van der Waals surface area contributed by atoms with Gasteiger partial charge in [-0.1, -0.05) is 35.3 Å². The van der Waals surface area contributed by atoms with Gasteiger partial charge in [-0.15, -0.1) is 0 Å². The predicted octanol–water partition coefficient (Wildman–Crippen LogP) is 2.83. The van der Waals surface area contributed by atoms with Gasteiger partial charge in [-0.3, -0.25) is 0 Å². The molecule has 1 N–H and O–H groups in total. The minimum absolute atomic E-state index is 0.128. The van der Waals surface area contributed by atoms with Crippen LogP contribution in [-0.2, 0) is 10.0 Å². The van der Waals surface area contributed by atoms with Crippen LogP contribution in [0.25, 0.3) is 0 Å². The van der Waals surface area contributed by atoms with Gasteiger partial charge in [0, 0.05) is 10.5 Å². The molecule has 1 aromatic rings. The Balaban J connectivity index is 2.23. The Hall–Kier alpha value is -0.390. The molecule has 0 amide bonds. The molecule has 3 nitrogen and oxygen atoms in total. The van der Waals surface area contributed by atoms with E-state index >= 15 is 0 Å². The Kier molecular flexibility index (Phi) is 3.61. The SMILES string of the molecule is CCC1CC1NS(=O)(=O)c1cc(Br)ccc1C. The quantitative estimate of drug-likeness (QED) is 0.928. The fraction of sp³-hybridized carbons (Fsp3) is 0.500. The Morgan fingerprint density at radius 2 is 2.18 bits per heavy atom. The van der Waals surface area contributed by atoms with E-state index in [2.05, 4.69) is 27.6 Å². The maximum Gasteiger partial charge on any atom is 0.241 e. The van der Waals surface area contributed by atoms with Gasteiger partial charge in [-0.05, 0) is 37.0 Å². The van der Waals surface area contributed by atoms with E-state index in [4.69, 9.17) is 0 Å². The second kappa shape index (κ2) is 4.71. The molecule has 1 saturated carbocycles. The summed E-state index contributed by atoms with van der Waals surface area (Å²) in [5.41, 5.74) is 0.773. The number of hydrogen-bond acceptors (Lipinski definition) is 2. The van der Waals surface area contributed by atoms with E-state index < -0.39 is 10.0 Å². The van der Waals surface area contributed by atoms with Gasteiger partial charge in [-0.2, -0.15) is 0 Å². The predicted molar refractivity (Wildman–Crippen MR) is 71.4 cm³/mol. The van der Waals surface area contributed by atoms with Crippen molar-refractivity contribution < 1.29 is 8.42 Å². The lowest BCUT2D eigenvalue weighted by atomic mass is 10.2. The van der Waals surface area contributed by atoms with Crippen molar-refractivity contribution in [2.24, 2.45) is 5.92 Å². The zero-order chi connectivity index (χ0) is 12.6. The van der Waals surface area contributed by atoms with Crippen LogP contribution in [0.1, 0.15) is 25.3 Å². The van der Waals surface area contributed by atoms with Crippen molar-refractivity contribution in [1.82, 2.24) is 4.72 Å². The molecule has 2 atom stereocenters. The smallest absolute Gasteiger partial charge is 0.208 e. The van der Waals surface area contributed by atoms with Crippen molar-refractivity contribution in [2.75, 3.05) is 0 Å². The molecule has 0 aliphatic heterocycles. The molecule has 1 aromatic carbocycles. The van der Waals surface area contributed by atoms with E-state index in [9.17, 15) is 8.42 Å². The molecule has 2 rings (SSSR count). The first-order chi connectivity index (χ1) is 7.94. The number of rotatable bonds is 4. The van der Waals surface area contributed by atoms with E-state index in [1.807, 2.05) is 19.1 Å². The summed E-state index contributed by atoms with van der Waals surface area (Å²) < 4.78 is 27.9. The molecule has 0 saturated heterocycles. The van der Waals surface area contributed by atoms with Gasteiger partial charge < -0.3 is 0 Å². The van der Waals surface area contributed by atoms with E-state index in [0.29, 0.717) is 10.8 Å². The van der Waals surface area contributed by atoms with Gasteiger partial charge in [0.05, 0.1) is 4.90 Å². The molecule has 0 radical (unpaired) electrons. The van der Waals surface area contributed by atoms with Gasteiger partial charge >= 0.3 is 0 Å². The topological polar surface area (TPSA) is 46.2 Å².